The molecule has 0 atom stereocenters. The van der Waals surface area contributed by atoms with Gasteiger partial charge in [-0.3, -0.25) is 4.79 Å². The van der Waals surface area contributed by atoms with E-state index >= 15 is 0 Å². The first kappa shape index (κ1) is 14.2. The van der Waals surface area contributed by atoms with Crippen molar-refractivity contribution in [3.63, 3.8) is 0 Å². The molecule has 0 aliphatic heterocycles. The first-order chi connectivity index (χ1) is 11.2. The summed E-state index contributed by atoms with van der Waals surface area (Å²) in [5.74, 6) is -0.157. The Balaban J connectivity index is 1.49. The second-order valence-corrected chi connectivity index (χ2v) is 6.20. The van der Waals surface area contributed by atoms with Crippen molar-refractivity contribution in [2.24, 2.45) is 0 Å². The summed E-state index contributed by atoms with van der Waals surface area (Å²) in [4.78, 5) is 21.0. The first-order valence-electron chi connectivity index (χ1n) is 7.56. The predicted molar refractivity (Wildman–Crippen MR) is 88.4 cm³/mol. The quantitative estimate of drug-likeness (QED) is 0.799. The summed E-state index contributed by atoms with van der Waals surface area (Å²) in [6.07, 6.45) is 5.78. The largest absolute Gasteiger partial charge is 0.348 e. The number of benzene rings is 1. The second kappa shape index (κ2) is 5.66. The number of carbonyl (C=O) groups excluding carboxylic acids is 1. The molecule has 0 saturated heterocycles. The number of hydrogen-bond donors (Lipinski definition) is 1. The van der Waals surface area contributed by atoms with Crippen LogP contribution in [0.15, 0.2) is 42.9 Å². The Morgan fingerprint density at radius 3 is 2.78 bits per heavy atom. The molecule has 1 aliphatic carbocycles. The summed E-state index contributed by atoms with van der Waals surface area (Å²) in [7, 11) is 0. The Hall–Kier alpha value is -2.40. The first-order valence-corrected chi connectivity index (χ1v) is 7.94. The highest BCUT2D eigenvalue weighted by atomic mass is 35.5. The van der Waals surface area contributed by atoms with Crippen LogP contribution < -0.4 is 5.32 Å². The van der Waals surface area contributed by atoms with Crippen molar-refractivity contribution in [3.8, 4) is 0 Å². The molecule has 1 amide bonds. The Labute approximate surface area is 138 Å². The highest BCUT2D eigenvalue weighted by Crippen LogP contribution is 2.36. The van der Waals surface area contributed by atoms with Crippen molar-refractivity contribution < 1.29 is 4.79 Å². The molecule has 3 aromatic rings. The van der Waals surface area contributed by atoms with E-state index in [1.54, 1.807) is 24.4 Å². The number of nitrogens with one attached hydrogen (secondary N) is 1. The molecule has 0 bridgehead atoms. The third-order valence-electron chi connectivity index (χ3n) is 3.98. The number of amides is 1. The van der Waals surface area contributed by atoms with Crippen LogP contribution in [0.4, 0.5) is 0 Å². The van der Waals surface area contributed by atoms with E-state index in [2.05, 4.69) is 19.9 Å². The summed E-state index contributed by atoms with van der Waals surface area (Å²) < 4.78 is 2.09. The highest BCUT2D eigenvalue weighted by Gasteiger charge is 2.25. The molecule has 1 saturated carbocycles. The number of carbonyl (C=O) groups is 1. The molecule has 6 heteroatoms. The van der Waals surface area contributed by atoms with E-state index in [1.165, 1.54) is 12.8 Å². The van der Waals surface area contributed by atoms with Crippen LogP contribution in [0.1, 0.15) is 34.8 Å². The number of rotatable bonds is 4. The van der Waals surface area contributed by atoms with Gasteiger partial charge in [-0.05, 0) is 36.6 Å². The number of hydrogen-bond acceptors (Lipinski definition) is 3. The van der Waals surface area contributed by atoms with Gasteiger partial charge >= 0.3 is 0 Å². The smallest absolute Gasteiger partial charge is 0.253 e. The number of nitrogens with zero attached hydrogens (tertiary/aromatic N) is 3. The number of imidazole rings is 1. The Morgan fingerprint density at radius 2 is 2.04 bits per heavy atom. The minimum Gasteiger partial charge on any atom is -0.348 e. The van der Waals surface area contributed by atoms with Gasteiger partial charge in [-0.2, -0.15) is 0 Å². The van der Waals surface area contributed by atoms with Gasteiger partial charge in [0.05, 0.1) is 11.9 Å². The van der Waals surface area contributed by atoms with Crippen molar-refractivity contribution in [3.05, 3.63) is 59.0 Å². The van der Waals surface area contributed by atoms with Crippen LogP contribution >= 0.6 is 11.6 Å². The maximum Gasteiger partial charge on any atom is 0.253 e. The molecule has 2 aromatic heterocycles. The molecular weight excluding hydrogens is 312 g/mol. The van der Waals surface area contributed by atoms with E-state index in [-0.39, 0.29) is 5.91 Å². The Morgan fingerprint density at radius 1 is 1.26 bits per heavy atom. The number of halogens is 1. The molecule has 1 fully saturated rings. The monoisotopic (exact) mass is 326 g/mol. The van der Waals surface area contributed by atoms with Crippen molar-refractivity contribution in [1.29, 1.82) is 0 Å². The lowest BCUT2D eigenvalue weighted by molar-refractivity contribution is 0.0950. The van der Waals surface area contributed by atoms with Gasteiger partial charge in [-0.1, -0.05) is 23.7 Å². The summed E-state index contributed by atoms with van der Waals surface area (Å²) in [5.41, 5.74) is 3.13. The van der Waals surface area contributed by atoms with Crippen LogP contribution in [0, 0.1) is 0 Å². The summed E-state index contributed by atoms with van der Waals surface area (Å²) >= 11 is 5.85. The zero-order valence-corrected chi connectivity index (χ0v) is 13.1. The maximum atomic E-state index is 12.3. The van der Waals surface area contributed by atoms with Crippen LogP contribution in [0.2, 0.25) is 5.02 Å². The fraction of sp³-hybridized carbons (Fsp3) is 0.235. The zero-order valence-electron chi connectivity index (χ0n) is 12.4. The molecule has 1 aromatic carbocycles. The van der Waals surface area contributed by atoms with Crippen LogP contribution in [0.5, 0.6) is 0 Å². The van der Waals surface area contributed by atoms with E-state index < -0.39 is 0 Å². The van der Waals surface area contributed by atoms with E-state index in [0.29, 0.717) is 23.2 Å². The third kappa shape index (κ3) is 2.92. The van der Waals surface area contributed by atoms with Crippen molar-refractivity contribution in [2.45, 2.75) is 25.4 Å². The van der Waals surface area contributed by atoms with E-state index in [4.69, 9.17) is 11.6 Å². The van der Waals surface area contributed by atoms with Gasteiger partial charge in [-0.15, -0.1) is 0 Å². The average Bonchev–Trinajstić information content (AvgIpc) is 3.33. The molecule has 0 unspecified atom stereocenters. The lowest BCUT2D eigenvalue weighted by Gasteiger charge is -2.06. The highest BCUT2D eigenvalue weighted by molar-refractivity contribution is 6.30. The van der Waals surface area contributed by atoms with Gasteiger partial charge < -0.3 is 9.88 Å². The second-order valence-electron chi connectivity index (χ2n) is 5.76. The fourth-order valence-corrected chi connectivity index (χ4v) is 2.68. The molecule has 2 heterocycles. The predicted octanol–water partition coefficient (Wildman–Crippen LogP) is 3.35. The molecule has 1 N–H and O–H groups in total. The van der Waals surface area contributed by atoms with Crippen molar-refractivity contribution in [1.82, 2.24) is 19.9 Å². The van der Waals surface area contributed by atoms with Gasteiger partial charge in [-0.25, -0.2) is 9.97 Å². The molecule has 4 rings (SSSR count). The van der Waals surface area contributed by atoms with Crippen LogP contribution in [-0.2, 0) is 6.54 Å². The summed E-state index contributed by atoms with van der Waals surface area (Å²) in [5, 5.41) is 3.57. The summed E-state index contributed by atoms with van der Waals surface area (Å²) in [6.45, 7) is 0.449. The minimum absolute atomic E-state index is 0.157. The SMILES string of the molecule is O=C(NCc1ccc(Cl)cc1)c1cnc2c(c1)ncn2C1CC1. The molecule has 116 valence electrons. The van der Waals surface area contributed by atoms with Gasteiger partial charge in [0, 0.05) is 23.8 Å². The van der Waals surface area contributed by atoms with E-state index in [1.807, 2.05) is 18.5 Å². The molecule has 1 aliphatic rings. The van der Waals surface area contributed by atoms with Gasteiger partial charge in [0.15, 0.2) is 5.65 Å². The van der Waals surface area contributed by atoms with Crippen molar-refractivity contribution in [2.75, 3.05) is 0 Å². The number of fused-ring (bicyclic) bond motifs is 1. The topological polar surface area (TPSA) is 59.8 Å². The molecular formula is C17H15ClN4O. The average molecular weight is 327 g/mol. The van der Waals surface area contributed by atoms with Crippen LogP contribution in [0.3, 0.4) is 0 Å². The van der Waals surface area contributed by atoms with Gasteiger partial charge in [0.1, 0.15) is 5.52 Å². The van der Waals surface area contributed by atoms with E-state index in [0.717, 1.165) is 16.7 Å². The lowest BCUT2D eigenvalue weighted by Crippen LogP contribution is -2.22. The number of aromatic nitrogens is 3. The normalized spacial score (nSPS) is 14.1. The van der Waals surface area contributed by atoms with Crippen LogP contribution in [-0.4, -0.2) is 20.4 Å². The van der Waals surface area contributed by atoms with Crippen molar-refractivity contribution >= 4 is 28.7 Å². The van der Waals surface area contributed by atoms with Crippen LogP contribution in [0.25, 0.3) is 11.2 Å². The van der Waals surface area contributed by atoms with Gasteiger partial charge in [0.25, 0.3) is 5.91 Å². The maximum absolute atomic E-state index is 12.3. The summed E-state index contributed by atoms with van der Waals surface area (Å²) in [6, 6.07) is 9.71. The third-order valence-corrected chi connectivity index (χ3v) is 4.23. The fourth-order valence-electron chi connectivity index (χ4n) is 2.55. The molecule has 5 nitrogen and oxygen atoms in total. The molecule has 0 radical (unpaired) electrons. The Kier molecular flexibility index (Phi) is 3.50. The van der Waals surface area contributed by atoms with E-state index in [9.17, 15) is 4.79 Å². The standard InChI is InChI=1S/C17H15ClN4O/c18-13-3-1-11(2-4-13)8-20-17(23)12-7-15-16(19-9-12)22(10-21-15)14-5-6-14/h1-4,7,9-10,14H,5-6,8H2,(H,20,23). The minimum atomic E-state index is -0.157. The molecule has 23 heavy (non-hydrogen) atoms. The lowest BCUT2D eigenvalue weighted by atomic mass is 10.2. The Bertz CT molecular complexity index is 868. The zero-order chi connectivity index (χ0) is 15.8. The number of pyridine rings is 1. The van der Waals surface area contributed by atoms with Gasteiger partial charge in [0.2, 0.25) is 0 Å². The molecule has 0 spiro atoms.